The molecule has 0 radical (unpaired) electrons. The van der Waals surface area contributed by atoms with Crippen molar-refractivity contribution in [3.8, 4) is 0 Å². The summed E-state index contributed by atoms with van der Waals surface area (Å²) < 4.78 is 5.23. The molecular weight excluding hydrogens is 272 g/mol. The normalized spacial score (nSPS) is 35.7. The third kappa shape index (κ3) is 3.31. The van der Waals surface area contributed by atoms with Crippen molar-refractivity contribution >= 4 is 12.0 Å². The van der Waals surface area contributed by atoms with Crippen LogP contribution in [0.4, 0.5) is 4.79 Å². The Morgan fingerprint density at radius 1 is 1.33 bits per heavy atom. The van der Waals surface area contributed by atoms with Gasteiger partial charge in [-0.25, -0.2) is 4.79 Å². The number of hydrogen-bond acceptors (Lipinski definition) is 3. The number of ether oxygens (including phenoxy) is 1. The Balaban J connectivity index is 1.92. The van der Waals surface area contributed by atoms with E-state index < -0.39 is 11.9 Å². The average molecular weight is 298 g/mol. The van der Waals surface area contributed by atoms with Gasteiger partial charge in [0.2, 0.25) is 0 Å². The molecule has 2 amide bonds. The predicted octanol–water partition coefficient (Wildman–Crippen LogP) is 1.55. The van der Waals surface area contributed by atoms with E-state index in [0.717, 1.165) is 19.3 Å². The second-order valence-corrected chi connectivity index (χ2v) is 6.32. The smallest absolute Gasteiger partial charge is 0.317 e. The van der Waals surface area contributed by atoms with E-state index in [1.54, 1.807) is 7.05 Å². The van der Waals surface area contributed by atoms with Gasteiger partial charge in [0.05, 0.1) is 19.3 Å². The van der Waals surface area contributed by atoms with Gasteiger partial charge in [0.15, 0.2) is 0 Å². The summed E-state index contributed by atoms with van der Waals surface area (Å²) in [5.74, 6) is -0.396. The molecule has 1 aliphatic heterocycles. The first-order valence-electron chi connectivity index (χ1n) is 7.79. The summed E-state index contributed by atoms with van der Waals surface area (Å²) in [5.41, 5.74) is 0. The van der Waals surface area contributed by atoms with Crippen molar-refractivity contribution < 1.29 is 19.4 Å². The highest BCUT2D eigenvalue weighted by atomic mass is 16.5. The fourth-order valence-electron chi connectivity index (χ4n) is 3.60. The quantitative estimate of drug-likeness (QED) is 0.825. The third-order valence-electron chi connectivity index (χ3n) is 5.25. The molecular formula is C15H26N2O4. The van der Waals surface area contributed by atoms with Crippen molar-refractivity contribution in [3.05, 3.63) is 0 Å². The minimum Gasteiger partial charge on any atom is -0.481 e. The summed E-state index contributed by atoms with van der Waals surface area (Å²) >= 11 is 0. The molecule has 2 N–H and O–H groups in total. The van der Waals surface area contributed by atoms with E-state index >= 15 is 0 Å². The number of carbonyl (C=O) groups is 2. The third-order valence-corrected chi connectivity index (χ3v) is 5.25. The molecule has 6 nitrogen and oxygen atoms in total. The first-order valence-corrected chi connectivity index (χ1v) is 7.79. The Hall–Kier alpha value is -1.30. The zero-order valence-electron chi connectivity index (χ0n) is 13.0. The SMILES string of the molecule is CCC1CCC(NC(=O)N(C)C2COCC2C(=O)O)C1C. The minimum atomic E-state index is -0.905. The summed E-state index contributed by atoms with van der Waals surface area (Å²) in [6.45, 7) is 4.84. The molecule has 1 saturated heterocycles. The van der Waals surface area contributed by atoms with E-state index in [4.69, 9.17) is 9.84 Å². The van der Waals surface area contributed by atoms with Crippen molar-refractivity contribution in [3.63, 3.8) is 0 Å². The van der Waals surface area contributed by atoms with E-state index in [1.165, 1.54) is 4.90 Å². The number of carbonyl (C=O) groups excluding carboxylic acids is 1. The number of hydrogen-bond donors (Lipinski definition) is 2. The van der Waals surface area contributed by atoms with Crippen LogP contribution in [0, 0.1) is 17.8 Å². The number of rotatable bonds is 4. The maximum atomic E-state index is 12.4. The van der Waals surface area contributed by atoms with E-state index in [9.17, 15) is 9.59 Å². The number of carboxylic acid groups (broad SMARTS) is 1. The Morgan fingerprint density at radius 3 is 2.62 bits per heavy atom. The summed E-state index contributed by atoms with van der Waals surface area (Å²) in [4.78, 5) is 25.0. The van der Waals surface area contributed by atoms with Crippen LogP contribution in [0.1, 0.15) is 33.1 Å². The number of nitrogens with zero attached hydrogens (tertiary/aromatic N) is 1. The Kier molecular flexibility index (Phi) is 5.08. The molecule has 120 valence electrons. The van der Waals surface area contributed by atoms with Crippen LogP contribution in [0.25, 0.3) is 0 Å². The molecule has 2 aliphatic rings. The lowest BCUT2D eigenvalue weighted by atomic mass is 9.93. The van der Waals surface area contributed by atoms with Gasteiger partial charge in [-0.1, -0.05) is 20.3 Å². The van der Waals surface area contributed by atoms with Gasteiger partial charge in [0.25, 0.3) is 0 Å². The number of carboxylic acids is 1. The first kappa shape index (κ1) is 16.1. The Bertz CT molecular complexity index is 401. The molecule has 0 spiro atoms. The lowest BCUT2D eigenvalue weighted by Crippen LogP contribution is -2.51. The Morgan fingerprint density at radius 2 is 2.05 bits per heavy atom. The van der Waals surface area contributed by atoms with Gasteiger partial charge in [-0.2, -0.15) is 0 Å². The molecule has 0 aromatic heterocycles. The van der Waals surface area contributed by atoms with Gasteiger partial charge in [-0.05, 0) is 24.7 Å². The van der Waals surface area contributed by atoms with Crippen molar-refractivity contribution in [1.82, 2.24) is 10.2 Å². The highest BCUT2D eigenvalue weighted by Crippen LogP contribution is 2.34. The number of nitrogens with one attached hydrogen (secondary N) is 1. The fourth-order valence-corrected chi connectivity index (χ4v) is 3.60. The van der Waals surface area contributed by atoms with Gasteiger partial charge in [-0.3, -0.25) is 4.79 Å². The number of likely N-dealkylation sites (N-methyl/N-ethyl adjacent to an activating group) is 1. The maximum absolute atomic E-state index is 12.4. The van der Waals surface area contributed by atoms with Crippen molar-refractivity contribution in [1.29, 1.82) is 0 Å². The standard InChI is InChI=1S/C15H26N2O4/c1-4-10-5-6-12(9(10)2)16-15(20)17(3)13-8-21-7-11(13)14(18)19/h9-13H,4-8H2,1-3H3,(H,16,20)(H,18,19). The van der Waals surface area contributed by atoms with E-state index in [1.807, 2.05) is 0 Å². The van der Waals surface area contributed by atoms with Crippen LogP contribution in [0.5, 0.6) is 0 Å². The molecule has 21 heavy (non-hydrogen) atoms. The molecule has 1 saturated carbocycles. The highest BCUT2D eigenvalue weighted by Gasteiger charge is 2.40. The monoisotopic (exact) mass is 298 g/mol. The molecule has 0 aromatic rings. The van der Waals surface area contributed by atoms with Gasteiger partial charge >= 0.3 is 12.0 Å². The summed E-state index contributed by atoms with van der Waals surface area (Å²) in [6, 6.07) is -0.387. The van der Waals surface area contributed by atoms with Crippen LogP contribution in [0.15, 0.2) is 0 Å². The first-order chi connectivity index (χ1) is 9.95. The molecule has 1 aliphatic carbocycles. The van der Waals surface area contributed by atoms with Gasteiger partial charge in [0.1, 0.15) is 5.92 Å². The van der Waals surface area contributed by atoms with Crippen LogP contribution in [0.2, 0.25) is 0 Å². The van der Waals surface area contributed by atoms with Gasteiger partial charge < -0.3 is 20.1 Å². The highest BCUT2D eigenvalue weighted by molar-refractivity contribution is 5.77. The predicted molar refractivity (Wildman–Crippen MR) is 78.0 cm³/mol. The lowest BCUT2D eigenvalue weighted by Gasteiger charge is -2.29. The van der Waals surface area contributed by atoms with Crippen molar-refractivity contribution in [2.24, 2.45) is 17.8 Å². The second-order valence-electron chi connectivity index (χ2n) is 6.32. The molecule has 0 bridgehead atoms. The van der Waals surface area contributed by atoms with Crippen LogP contribution in [-0.4, -0.2) is 54.4 Å². The largest absolute Gasteiger partial charge is 0.481 e. The molecule has 5 unspecified atom stereocenters. The molecule has 5 atom stereocenters. The zero-order valence-corrected chi connectivity index (χ0v) is 13.0. The molecule has 1 heterocycles. The van der Waals surface area contributed by atoms with Crippen LogP contribution in [-0.2, 0) is 9.53 Å². The number of urea groups is 1. The van der Waals surface area contributed by atoms with Crippen LogP contribution >= 0.6 is 0 Å². The molecule has 0 aromatic carbocycles. The van der Waals surface area contributed by atoms with E-state index in [-0.39, 0.29) is 24.7 Å². The number of aliphatic carboxylic acids is 1. The number of amides is 2. The summed E-state index contributed by atoms with van der Waals surface area (Å²) in [7, 11) is 1.65. The van der Waals surface area contributed by atoms with E-state index in [0.29, 0.717) is 18.4 Å². The fraction of sp³-hybridized carbons (Fsp3) is 0.867. The zero-order chi connectivity index (χ0) is 15.6. The summed E-state index contributed by atoms with van der Waals surface area (Å²) in [6.07, 6.45) is 3.29. The van der Waals surface area contributed by atoms with E-state index in [2.05, 4.69) is 19.2 Å². The van der Waals surface area contributed by atoms with Crippen LogP contribution in [0.3, 0.4) is 0 Å². The van der Waals surface area contributed by atoms with Crippen molar-refractivity contribution in [2.75, 3.05) is 20.3 Å². The molecule has 6 heteroatoms. The Labute approximate surface area is 125 Å². The van der Waals surface area contributed by atoms with Crippen LogP contribution < -0.4 is 5.32 Å². The maximum Gasteiger partial charge on any atom is 0.317 e. The molecule has 2 fully saturated rings. The minimum absolute atomic E-state index is 0.176. The van der Waals surface area contributed by atoms with Gasteiger partial charge in [0, 0.05) is 13.1 Å². The van der Waals surface area contributed by atoms with Gasteiger partial charge in [-0.15, -0.1) is 0 Å². The average Bonchev–Trinajstić information content (AvgIpc) is 3.06. The topological polar surface area (TPSA) is 78.9 Å². The second kappa shape index (κ2) is 6.64. The summed E-state index contributed by atoms with van der Waals surface area (Å²) in [5, 5.41) is 12.2. The van der Waals surface area contributed by atoms with Crippen molar-refractivity contribution in [2.45, 2.75) is 45.2 Å². The molecule has 2 rings (SSSR count). The lowest BCUT2D eigenvalue weighted by molar-refractivity contribution is -0.142.